The summed E-state index contributed by atoms with van der Waals surface area (Å²) in [6.07, 6.45) is 1.38. The molecule has 0 heterocycles. The minimum absolute atomic E-state index is 0.0327. The number of hydrogen-bond acceptors (Lipinski definition) is 6. The Bertz CT molecular complexity index is 685. The highest BCUT2D eigenvalue weighted by Gasteiger charge is 2.23. The van der Waals surface area contributed by atoms with Gasteiger partial charge in [0.1, 0.15) is 12.2 Å². The Morgan fingerprint density at radius 2 is 2.14 bits per heavy atom. The molecule has 1 rings (SSSR count). The molecule has 114 valence electrons. The normalized spacial score (nSPS) is 10.9. The van der Waals surface area contributed by atoms with Gasteiger partial charge in [0.25, 0.3) is 5.69 Å². The number of primary sulfonamides is 1. The molecular weight excluding hydrogens is 302 g/mol. The van der Waals surface area contributed by atoms with E-state index in [0.717, 1.165) is 18.2 Å². The lowest BCUT2D eigenvalue weighted by molar-refractivity contribution is -0.384. The lowest BCUT2D eigenvalue weighted by Gasteiger charge is -2.21. The maximum absolute atomic E-state index is 11.2. The number of nitrogens with two attached hydrogens (primary N) is 1. The van der Waals surface area contributed by atoms with Crippen molar-refractivity contribution in [1.82, 2.24) is 0 Å². The van der Waals surface area contributed by atoms with E-state index in [1.165, 1.54) is 11.0 Å². The van der Waals surface area contributed by atoms with Gasteiger partial charge in [-0.25, -0.2) is 13.6 Å². The van der Waals surface area contributed by atoms with Crippen LogP contribution in [0.1, 0.15) is 0 Å². The van der Waals surface area contributed by atoms with Gasteiger partial charge in [-0.3, -0.25) is 14.9 Å². The highest BCUT2D eigenvalue weighted by molar-refractivity contribution is 7.89. The monoisotopic (exact) mass is 315 g/mol. The number of carboxylic acids is 1. The number of rotatable bonds is 7. The zero-order valence-electron chi connectivity index (χ0n) is 10.8. The molecule has 0 aliphatic heterocycles. The van der Waals surface area contributed by atoms with Crippen molar-refractivity contribution >= 4 is 27.4 Å². The zero-order chi connectivity index (χ0) is 16.2. The van der Waals surface area contributed by atoms with Gasteiger partial charge in [0.05, 0.1) is 9.82 Å². The first kappa shape index (κ1) is 16.6. The molecule has 0 saturated carbocycles. The number of carbonyl (C=O) groups is 1. The number of sulfonamides is 1. The van der Waals surface area contributed by atoms with E-state index >= 15 is 0 Å². The van der Waals surface area contributed by atoms with Crippen molar-refractivity contribution in [3.8, 4) is 0 Å². The van der Waals surface area contributed by atoms with Gasteiger partial charge >= 0.3 is 5.97 Å². The molecule has 0 aliphatic rings. The molecular formula is C11H13N3O6S. The molecule has 0 amide bonds. The third kappa shape index (κ3) is 4.26. The van der Waals surface area contributed by atoms with E-state index in [4.69, 9.17) is 10.2 Å². The van der Waals surface area contributed by atoms with E-state index in [1.54, 1.807) is 0 Å². The van der Waals surface area contributed by atoms with Crippen LogP contribution in [0.15, 0.2) is 35.7 Å². The summed E-state index contributed by atoms with van der Waals surface area (Å²) in [6, 6.07) is 3.02. The molecule has 0 fully saturated rings. The minimum atomic E-state index is -4.10. The van der Waals surface area contributed by atoms with Crippen LogP contribution < -0.4 is 10.0 Å². The van der Waals surface area contributed by atoms with Gasteiger partial charge in [-0.1, -0.05) is 6.08 Å². The summed E-state index contributed by atoms with van der Waals surface area (Å²) in [6.45, 7) is 2.99. The number of carboxylic acid groups (broad SMARTS) is 1. The summed E-state index contributed by atoms with van der Waals surface area (Å²) in [4.78, 5) is 21.8. The number of nitro groups is 1. The van der Waals surface area contributed by atoms with Crippen LogP contribution in [0.4, 0.5) is 11.4 Å². The number of nitro benzene ring substituents is 1. The Labute approximate surface area is 120 Å². The number of anilines is 1. The second-order valence-corrected chi connectivity index (χ2v) is 5.58. The fraction of sp³-hybridized carbons (Fsp3) is 0.182. The largest absolute Gasteiger partial charge is 0.480 e. The Kier molecular flexibility index (Phi) is 5.00. The van der Waals surface area contributed by atoms with Gasteiger partial charge in [-0.2, -0.15) is 0 Å². The third-order valence-electron chi connectivity index (χ3n) is 2.49. The van der Waals surface area contributed by atoms with Crippen molar-refractivity contribution in [3.05, 3.63) is 41.0 Å². The van der Waals surface area contributed by atoms with E-state index in [2.05, 4.69) is 6.58 Å². The molecule has 10 heteroatoms. The number of benzene rings is 1. The molecule has 0 bridgehead atoms. The highest BCUT2D eigenvalue weighted by atomic mass is 32.2. The lowest BCUT2D eigenvalue weighted by atomic mass is 10.2. The van der Waals surface area contributed by atoms with Crippen molar-refractivity contribution in [2.75, 3.05) is 18.0 Å². The SMILES string of the molecule is C=CCN(CC(=O)O)c1ccc(S(N)(=O)=O)cc1[N+](=O)[O-]. The van der Waals surface area contributed by atoms with E-state index in [0.29, 0.717) is 0 Å². The Morgan fingerprint density at radius 1 is 1.52 bits per heavy atom. The average molecular weight is 315 g/mol. The van der Waals surface area contributed by atoms with Crippen molar-refractivity contribution in [2.45, 2.75) is 4.90 Å². The quantitative estimate of drug-likeness (QED) is 0.418. The van der Waals surface area contributed by atoms with Crippen LogP contribution >= 0.6 is 0 Å². The Hall–Kier alpha value is -2.46. The van der Waals surface area contributed by atoms with Crippen molar-refractivity contribution in [1.29, 1.82) is 0 Å². The molecule has 0 atom stereocenters. The molecule has 21 heavy (non-hydrogen) atoms. The van der Waals surface area contributed by atoms with Crippen LogP contribution in [0.5, 0.6) is 0 Å². The van der Waals surface area contributed by atoms with Crippen molar-refractivity contribution < 1.29 is 23.2 Å². The van der Waals surface area contributed by atoms with E-state index in [1.807, 2.05) is 0 Å². The minimum Gasteiger partial charge on any atom is -0.480 e. The summed E-state index contributed by atoms with van der Waals surface area (Å²) in [5.74, 6) is -1.19. The molecule has 0 radical (unpaired) electrons. The summed E-state index contributed by atoms with van der Waals surface area (Å²) < 4.78 is 22.4. The van der Waals surface area contributed by atoms with Gasteiger partial charge in [0.2, 0.25) is 10.0 Å². The van der Waals surface area contributed by atoms with Gasteiger partial charge in [-0.05, 0) is 12.1 Å². The average Bonchev–Trinajstić information content (AvgIpc) is 2.36. The predicted octanol–water partition coefficient (Wildman–Crippen LogP) is 0.319. The molecule has 3 N–H and O–H groups in total. The van der Waals surface area contributed by atoms with Crippen molar-refractivity contribution in [3.63, 3.8) is 0 Å². The van der Waals surface area contributed by atoms with Gasteiger partial charge in [-0.15, -0.1) is 6.58 Å². The topological polar surface area (TPSA) is 144 Å². The summed E-state index contributed by atoms with van der Waals surface area (Å²) in [5, 5.41) is 24.8. The molecule has 1 aromatic rings. The van der Waals surface area contributed by atoms with Crippen LogP contribution in [-0.4, -0.2) is 37.5 Å². The molecule has 0 aliphatic carbocycles. The van der Waals surface area contributed by atoms with E-state index in [9.17, 15) is 23.3 Å². The molecule has 0 unspecified atom stereocenters. The zero-order valence-corrected chi connectivity index (χ0v) is 11.6. The highest BCUT2D eigenvalue weighted by Crippen LogP contribution is 2.30. The Balaban J connectivity index is 3.42. The second kappa shape index (κ2) is 6.33. The van der Waals surface area contributed by atoms with Gasteiger partial charge in [0.15, 0.2) is 0 Å². The summed E-state index contributed by atoms with van der Waals surface area (Å²) in [7, 11) is -4.10. The first-order valence-corrected chi connectivity index (χ1v) is 7.10. The van der Waals surface area contributed by atoms with Crippen LogP contribution in [0.2, 0.25) is 0 Å². The standard InChI is InChI=1S/C11H13N3O6S/c1-2-5-13(7-11(15)16)9-4-3-8(21(12,19)20)6-10(9)14(17)18/h2-4,6H,1,5,7H2,(H,15,16)(H2,12,19,20). The van der Waals surface area contributed by atoms with Crippen LogP contribution in [0.3, 0.4) is 0 Å². The second-order valence-electron chi connectivity index (χ2n) is 4.02. The van der Waals surface area contributed by atoms with Gasteiger partial charge < -0.3 is 10.0 Å². The van der Waals surface area contributed by atoms with Crippen LogP contribution in [0.25, 0.3) is 0 Å². The van der Waals surface area contributed by atoms with E-state index < -0.39 is 38.0 Å². The predicted molar refractivity (Wildman–Crippen MR) is 74.5 cm³/mol. The smallest absolute Gasteiger partial charge is 0.323 e. The maximum Gasteiger partial charge on any atom is 0.323 e. The summed E-state index contributed by atoms with van der Waals surface area (Å²) >= 11 is 0. The fourth-order valence-electron chi connectivity index (χ4n) is 1.66. The molecule has 0 spiro atoms. The van der Waals surface area contributed by atoms with Crippen LogP contribution in [-0.2, 0) is 14.8 Å². The third-order valence-corrected chi connectivity index (χ3v) is 3.40. The molecule has 0 saturated heterocycles. The number of aliphatic carboxylic acids is 1. The van der Waals surface area contributed by atoms with Crippen LogP contribution in [0, 0.1) is 10.1 Å². The summed E-state index contributed by atoms with van der Waals surface area (Å²) in [5.41, 5.74) is -0.584. The number of nitrogens with zero attached hydrogens (tertiary/aromatic N) is 2. The Morgan fingerprint density at radius 3 is 2.57 bits per heavy atom. The van der Waals surface area contributed by atoms with E-state index in [-0.39, 0.29) is 12.2 Å². The number of hydrogen-bond donors (Lipinski definition) is 2. The fourth-order valence-corrected chi connectivity index (χ4v) is 2.19. The van der Waals surface area contributed by atoms with Gasteiger partial charge in [0, 0.05) is 12.6 Å². The molecule has 9 nitrogen and oxygen atoms in total. The first-order chi connectivity index (χ1) is 9.66. The molecule has 0 aromatic heterocycles. The first-order valence-electron chi connectivity index (χ1n) is 5.55. The van der Waals surface area contributed by atoms with Crippen molar-refractivity contribution in [2.24, 2.45) is 5.14 Å². The molecule has 1 aromatic carbocycles. The maximum atomic E-state index is 11.2. The lowest BCUT2D eigenvalue weighted by Crippen LogP contribution is -2.30.